The van der Waals surface area contributed by atoms with Crippen molar-refractivity contribution in [3.05, 3.63) is 77.6 Å². The van der Waals surface area contributed by atoms with Crippen LogP contribution >= 0.6 is 0 Å². The van der Waals surface area contributed by atoms with Gasteiger partial charge in [-0.2, -0.15) is 4.39 Å². The highest BCUT2D eigenvalue weighted by molar-refractivity contribution is 5.71. The van der Waals surface area contributed by atoms with Crippen LogP contribution in [0.2, 0.25) is 0 Å². The van der Waals surface area contributed by atoms with Crippen molar-refractivity contribution < 1.29 is 17.9 Å². The van der Waals surface area contributed by atoms with Crippen molar-refractivity contribution in [2.24, 2.45) is 5.92 Å². The molecule has 0 amide bonds. The SMILES string of the molecule is CCCCCCOc1ccc(-c2ccc(-c3ccc(C4CCC(CCCCC)CC4)cc3F)cc2)c(F)c1F. The van der Waals surface area contributed by atoms with Gasteiger partial charge in [-0.05, 0) is 78.8 Å². The molecule has 0 aromatic heterocycles. The third-order valence-electron chi connectivity index (χ3n) is 8.34. The molecule has 4 heteroatoms. The van der Waals surface area contributed by atoms with E-state index in [0.29, 0.717) is 23.7 Å². The van der Waals surface area contributed by atoms with E-state index < -0.39 is 11.6 Å². The topological polar surface area (TPSA) is 9.23 Å². The second-order valence-electron chi connectivity index (χ2n) is 11.2. The molecule has 0 unspecified atom stereocenters. The van der Waals surface area contributed by atoms with Crippen LogP contribution in [-0.2, 0) is 0 Å². The molecule has 210 valence electrons. The monoisotopic (exact) mass is 536 g/mol. The molecule has 1 aliphatic carbocycles. The molecule has 1 aliphatic rings. The molecule has 4 rings (SSSR count). The van der Waals surface area contributed by atoms with E-state index in [9.17, 15) is 8.78 Å². The van der Waals surface area contributed by atoms with Gasteiger partial charge in [0.2, 0.25) is 5.82 Å². The third-order valence-corrected chi connectivity index (χ3v) is 8.34. The van der Waals surface area contributed by atoms with E-state index in [1.165, 1.54) is 44.6 Å². The van der Waals surface area contributed by atoms with Crippen molar-refractivity contribution in [2.75, 3.05) is 6.61 Å². The zero-order valence-corrected chi connectivity index (χ0v) is 23.6. The number of benzene rings is 3. The summed E-state index contributed by atoms with van der Waals surface area (Å²) >= 11 is 0. The maximum atomic E-state index is 15.2. The molecule has 1 saturated carbocycles. The van der Waals surface area contributed by atoms with E-state index in [0.717, 1.165) is 55.6 Å². The molecule has 0 N–H and O–H groups in total. The van der Waals surface area contributed by atoms with Crippen molar-refractivity contribution in [3.8, 4) is 28.0 Å². The van der Waals surface area contributed by atoms with Gasteiger partial charge < -0.3 is 4.74 Å². The van der Waals surface area contributed by atoms with Gasteiger partial charge in [-0.1, -0.05) is 95.2 Å². The summed E-state index contributed by atoms with van der Waals surface area (Å²) in [5.41, 5.74) is 3.04. The minimum Gasteiger partial charge on any atom is -0.490 e. The predicted octanol–water partition coefficient (Wildman–Crippen LogP) is 11.3. The zero-order chi connectivity index (χ0) is 27.6. The smallest absolute Gasteiger partial charge is 0.201 e. The normalized spacial score (nSPS) is 17.4. The molecular weight excluding hydrogens is 493 g/mol. The quantitative estimate of drug-likeness (QED) is 0.197. The van der Waals surface area contributed by atoms with E-state index in [1.807, 2.05) is 6.07 Å². The van der Waals surface area contributed by atoms with Gasteiger partial charge in [-0.15, -0.1) is 0 Å². The number of unbranched alkanes of at least 4 members (excludes halogenated alkanes) is 5. The van der Waals surface area contributed by atoms with E-state index in [-0.39, 0.29) is 17.1 Å². The highest BCUT2D eigenvalue weighted by atomic mass is 19.2. The van der Waals surface area contributed by atoms with Crippen LogP contribution in [0, 0.1) is 23.4 Å². The van der Waals surface area contributed by atoms with Gasteiger partial charge in [0.05, 0.1) is 6.61 Å². The van der Waals surface area contributed by atoms with Gasteiger partial charge in [0, 0.05) is 11.1 Å². The van der Waals surface area contributed by atoms with E-state index in [1.54, 1.807) is 36.4 Å². The first-order valence-electron chi connectivity index (χ1n) is 15.0. The van der Waals surface area contributed by atoms with E-state index in [2.05, 4.69) is 19.9 Å². The lowest BCUT2D eigenvalue weighted by Crippen LogP contribution is -2.13. The molecule has 0 atom stereocenters. The van der Waals surface area contributed by atoms with Crippen LogP contribution < -0.4 is 4.74 Å². The van der Waals surface area contributed by atoms with Gasteiger partial charge in [-0.25, -0.2) is 8.78 Å². The van der Waals surface area contributed by atoms with Crippen LogP contribution in [0.25, 0.3) is 22.3 Å². The Labute approximate surface area is 232 Å². The predicted molar refractivity (Wildman–Crippen MR) is 156 cm³/mol. The average molecular weight is 537 g/mol. The molecule has 3 aromatic rings. The van der Waals surface area contributed by atoms with Crippen molar-refractivity contribution in [2.45, 2.75) is 96.8 Å². The lowest BCUT2D eigenvalue weighted by atomic mass is 9.77. The second kappa shape index (κ2) is 14.6. The van der Waals surface area contributed by atoms with Gasteiger partial charge in [-0.3, -0.25) is 0 Å². The summed E-state index contributed by atoms with van der Waals surface area (Å²) in [6.07, 6.45) is 14.0. The summed E-state index contributed by atoms with van der Waals surface area (Å²) in [4.78, 5) is 0. The number of rotatable bonds is 13. The Morgan fingerprint density at radius 1 is 0.667 bits per heavy atom. The molecule has 0 saturated heterocycles. The Morgan fingerprint density at radius 3 is 1.97 bits per heavy atom. The molecule has 0 bridgehead atoms. The molecule has 1 fully saturated rings. The Balaban J connectivity index is 1.39. The number of ether oxygens (including phenoxy) is 1. The summed E-state index contributed by atoms with van der Waals surface area (Å²) in [5, 5.41) is 0. The maximum Gasteiger partial charge on any atom is 0.201 e. The number of hydrogen-bond acceptors (Lipinski definition) is 1. The standard InChI is InChI=1S/C35H43F3O/c1-3-5-7-9-23-39-33-22-21-31(34(37)35(33)38)28-17-15-27(16-18-28)30-20-19-29(24-32(30)36)26-13-11-25(12-14-26)10-8-6-4-2/h15-22,24-26H,3-14,23H2,1-2H3. The van der Waals surface area contributed by atoms with Gasteiger partial charge in [0.15, 0.2) is 11.6 Å². The Kier molecular flexibility index (Phi) is 10.9. The van der Waals surface area contributed by atoms with Crippen molar-refractivity contribution in [3.63, 3.8) is 0 Å². The van der Waals surface area contributed by atoms with Crippen LogP contribution in [0.1, 0.15) is 102 Å². The van der Waals surface area contributed by atoms with Crippen LogP contribution in [0.4, 0.5) is 13.2 Å². The first-order chi connectivity index (χ1) is 19.0. The number of hydrogen-bond donors (Lipinski definition) is 0. The molecule has 0 radical (unpaired) electrons. The Hall–Kier alpha value is -2.75. The minimum absolute atomic E-state index is 0.0588. The second-order valence-corrected chi connectivity index (χ2v) is 11.2. The Morgan fingerprint density at radius 2 is 1.31 bits per heavy atom. The fourth-order valence-corrected chi connectivity index (χ4v) is 5.89. The summed E-state index contributed by atoms with van der Waals surface area (Å²) in [6, 6.07) is 15.6. The van der Waals surface area contributed by atoms with E-state index in [4.69, 9.17) is 4.74 Å². The van der Waals surface area contributed by atoms with Crippen LogP contribution in [0.3, 0.4) is 0 Å². The number of halogens is 3. The summed E-state index contributed by atoms with van der Waals surface area (Å²) in [5.74, 6) is -0.930. The Bertz CT molecular complexity index is 1180. The highest BCUT2D eigenvalue weighted by Gasteiger charge is 2.23. The maximum absolute atomic E-state index is 15.2. The fraction of sp³-hybridized carbons (Fsp3) is 0.486. The molecule has 0 heterocycles. The minimum atomic E-state index is -0.969. The lowest BCUT2D eigenvalue weighted by molar-refractivity contribution is 0.285. The van der Waals surface area contributed by atoms with Crippen molar-refractivity contribution in [1.29, 1.82) is 0 Å². The fourth-order valence-electron chi connectivity index (χ4n) is 5.89. The lowest BCUT2D eigenvalue weighted by Gasteiger charge is -2.29. The van der Waals surface area contributed by atoms with Crippen molar-refractivity contribution in [1.82, 2.24) is 0 Å². The zero-order valence-electron chi connectivity index (χ0n) is 23.6. The van der Waals surface area contributed by atoms with Crippen LogP contribution in [0.15, 0.2) is 54.6 Å². The molecule has 3 aromatic carbocycles. The first-order valence-corrected chi connectivity index (χ1v) is 15.0. The van der Waals surface area contributed by atoms with Gasteiger partial charge >= 0.3 is 0 Å². The van der Waals surface area contributed by atoms with Gasteiger partial charge in [0.25, 0.3) is 0 Å². The summed E-state index contributed by atoms with van der Waals surface area (Å²) < 4.78 is 50.2. The highest BCUT2D eigenvalue weighted by Crippen LogP contribution is 2.39. The molecule has 0 aliphatic heterocycles. The third kappa shape index (κ3) is 7.68. The van der Waals surface area contributed by atoms with Crippen LogP contribution in [0.5, 0.6) is 5.75 Å². The molecule has 1 nitrogen and oxygen atoms in total. The van der Waals surface area contributed by atoms with Crippen LogP contribution in [-0.4, -0.2) is 6.61 Å². The molecular formula is C35H43F3O. The average Bonchev–Trinajstić information content (AvgIpc) is 2.96. The molecule has 39 heavy (non-hydrogen) atoms. The largest absolute Gasteiger partial charge is 0.490 e. The molecule has 0 spiro atoms. The van der Waals surface area contributed by atoms with Gasteiger partial charge in [0.1, 0.15) is 5.82 Å². The summed E-state index contributed by atoms with van der Waals surface area (Å²) in [6.45, 7) is 4.74. The van der Waals surface area contributed by atoms with E-state index >= 15 is 4.39 Å². The summed E-state index contributed by atoms with van der Waals surface area (Å²) in [7, 11) is 0. The van der Waals surface area contributed by atoms with Crippen molar-refractivity contribution >= 4 is 0 Å². The first kappa shape index (κ1) is 29.2.